The molecule has 0 bridgehead atoms. The highest BCUT2D eigenvalue weighted by Gasteiger charge is 2.13. The number of rotatable bonds is 2. The molecule has 1 N–H and O–H groups in total. The van der Waals surface area contributed by atoms with Crippen molar-refractivity contribution in [1.29, 1.82) is 0 Å². The molecule has 2 aromatic heterocycles. The zero-order chi connectivity index (χ0) is 12.7. The molecule has 0 saturated carbocycles. The fourth-order valence-corrected chi connectivity index (χ4v) is 2.03. The minimum atomic E-state index is -0.246. The van der Waals surface area contributed by atoms with Crippen molar-refractivity contribution in [1.82, 2.24) is 9.55 Å². The molecule has 0 fully saturated rings. The molecule has 0 radical (unpaired) electrons. The number of nitrogens with zero attached hydrogens (tertiary/aromatic N) is 1. The summed E-state index contributed by atoms with van der Waals surface area (Å²) in [7, 11) is 1.57. The van der Waals surface area contributed by atoms with Crippen LogP contribution >= 0.6 is 0 Å². The molecule has 92 valence electrons. The number of aromatic nitrogens is 2. The SMILES string of the molecule is COc1cccc2c1[nH]c(=O)n2-c1ccc(C)o1. The Labute approximate surface area is 103 Å². The molecular weight excluding hydrogens is 232 g/mol. The maximum Gasteiger partial charge on any atom is 0.333 e. The van der Waals surface area contributed by atoms with E-state index in [2.05, 4.69) is 4.98 Å². The summed E-state index contributed by atoms with van der Waals surface area (Å²) in [4.78, 5) is 14.8. The first-order valence-electron chi connectivity index (χ1n) is 5.55. The quantitative estimate of drug-likeness (QED) is 0.752. The molecule has 5 nitrogen and oxygen atoms in total. The fraction of sp³-hybridized carbons (Fsp3) is 0.154. The summed E-state index contributed by atoms with van der Waals surface area (Å²) in [5.74, 6) is 1.89. The molecule has 0 aliphatic rings. The van der Waals surface area contributed by atoms with Crippen molar-refractivity contribution in [3.63, 3.8) is 0 Å². The monoisotopic (exact) mass is 244 g/mol. The van der Waals surface area contributed by atoms with E-state index in [0.29, 0.717) is 17.2 Å². The number of furan rings is 1. The van der Waals surface area contributed by atoms with Crippen LogP contribution in [0.1, 0.15) is 5.76 Å². The number of imidazole rings is 1. The largest absolute Gasteiger partial charge is 0.494 e. The Kier molecular flexibility index (Phi) is 2.26. The highest BCUT2D eigenvalue weighted by atomic mass is 16.5. The van der Waals surface area contributed by atoms with Gasteiger partial charge in [0.25, 0.3) is 0 Å². The Morgan fingerprint density at radius 3 is 2.78 bits per heavy atom. The van der Waals surface area contributed by atoms with Gasteiger partial charge in [-0.2, -0.15) is 0 Å². The zero-order valence-corrected chi connectivity index (χ0v) is 10.1. The molecule has 1 aromatic carbocycles. The maximum atomic E-state index is 12.0. The third-order valence-corrected chi connectivity index (χ3v) is 2.85. The zero-order valence-electron chi connectivity index (χ0n) is 10.1. The molecular formula is C13H12N2O3. The van der Waals surface area contributed by atoms with E-state index in [1.165, 1.54) is 4.57 Å². The van der Waals surface area contributed by atoms with Gasteiger partial charge in [-0.05, 0) is 25.1 Å². The van der Waals surface area contributed by atoms with Crippen LogP contribution in [-0.2, 0) is 0 Å². The van der Waals surface area contributed by atoms with Crippen LogP contribution in [0, 0.1) is 6.92 Å². The Bertz CT molecular complexity index is 764. The Hall–Kier alpha value is -2.43. The second kappa shape index (κ2) is 3.80. The van der Waals surface area contributed by atoms with Gasteiger partial charge in [0.05, 0.1) is 12.6 Å². The van der Waals surface area contributed by atoms with Crippen molar-refractivity contribution in [2.24, 2.45) is 0 Å². The van der Waals surface area contributed by atoms with Crippen LogP contribution < -0.4 is 10.4 Å². The summed E-state index contributed by atoms with van der Waals surface area (Å²) >= 11 is 0. The van der Waals surface area contributed by atoms with E-state index in [4.69, 9.17) is 9.15 Å². The second-order valence-electron chi connectivity index (χ2n) is 4.00. The number of nitrogens with one attached hydrogen (secondary N) is 1. The molecule has 0 amide bonds. The number of para-hydroxylation sites is 1. The maximum absolute atomic E-state index is 12.0. The van der Waals surface area contributed by atoms with Crippen LogP contribution in [0.15, 0.2) is 39.5 Å². The number of methoxy groups -OCH3 is 1. The molecule has 0 aliphatic heterocycles. The first kappa shape index (κ1) is 10.7. The van der Waals surface area contributed by atoms with Crippen molar-refractivity contribution in [3.05, 3.63) is 46.6 Å². The van der Waals surface area contributed by atoms with Crippen molar-refractivity contribution in [3.8, 4) is 11.6 Å². The van der Waals surface area contributed by atoms with Gasteiger partial charge in [0.1, 0.15) is 17.0 Å². The number of aryl methyl sites for hydroxylation is 1. The lowest BCUT2D eigenvalue weighted by atomic mass is 10.3. The molecule has 0 unspecified atom stereocenters. The molecule has 3 rings (SSSR count). The van der Waals surface area contributed by atoms with Gasteiger partial charge in [0.2, 0.25) is 5.88 Å². The van der Waals surface area contributed by atoms with Crippen molar-refractivity contribution in [2.45, 2.75) is 6.92 Å². The Balaban J connectivity index is 2.36. The number of fused-ring (bicyclic) bond motifs is 1. The number of hydrogen-bond donors (Lipinski definition) is 1. The van der Waals surface area contributed by atoms with Gasteiger partial charge in [-0.1, -0.05) is 6.07 Å². The first-order chi connectivity index (χ1) is 8.70. The predicted molar refractivity (Wildman–Crippen MR) is 67.5 cm³/mol. The van der Waals surface area contributed by atoms with Crippen molar-refractivity contribution in [2.75, 3.05) is 7.11 Å². The van der Waals surface area contributed by atoms with Gasteiger partial charge < -0.3 is 14.1 Å². The fourth-order valence-electron chi connectivity index (χ4n) is 2.03. The summed E-state index contributed by atoms with van der Waals surface area (Å²) in [5, 5.41) is 0. The van der Waals surface area contributed by atoms with Crippen molar-refractivity contribution >= 4 is 11.0 Å². The molecule has 3 aromatic rings. The number of aromatic amines is 1. The molecule has 18 heavy (non-hydrogen) atoms. The number of ether oxygens (including phenoxy) is 1. The van der Waals surface area contributed by atoms with Crippen LogP contribution in [0.2, 0.25) is 0 Å². The normalized spacial score (nSPS) is 11.0. The van der Waals surface area contributed by atoms with Crippen LogP contribution in [0.25, 0.3) is 16.9 Å². The van der Waals surface area contributed by atoms with E-state index in [9.17, 15) is 4.79 Å². The lowest BCUT2D eigenvalue weighted by molar-refractivity contribution is 0.419. The van der Waals surface area contributed by atoms with E-state index >= 15 is 0 Å². The standard InChI is InChI=1S/C13H12N2O3/c1-8-6-7-11(18-8)15-9-4-3-5-10(17-2)12(9)14-13(15)16/h3-7H,1-2H3,(H,14,16). The van der Waals surface area contributed by atoms with Gasteiger partial charge in [-0.25, -0.2) is 9.36 Å². The average molecular weight is 244 g/mol. The molecule has 5 heteroatoms. The predicted octanol–water partition coefficient (Wildman–Crippen LogP) is 2.23. The van der Waals surface area contributed by atoms with Gasteiger partial charge in [-0.3, -0.25) is 0 Å². The van der Waals surface area contributed by atoms with E-state index in [-0.39, 0.29) is 5.69 Å². The summed E-state index contributed by atoms with van der Waals surface area (Å²) in [6.45, 7) is 1.84. The van der Waals surface area contributed by atoms with Crippen LogP contribution in [0.4, 0.5) is 0 Å². The molecule has 0 aliphatic carbocycles. The Morgan fingerprint density at radius 2 is 2.11 bits per heavy atom. The molecule has 0 atom stereocenters. The Morgan fingerprint density at radius 1 is 1.28 bits per heavy atom. The van der Waals surface area contributed by atoms with E-state index in [1.807, 2.05) is 25.1 Å². The van der Waals surface area contributed by atoms with Crippen molar-refractivity contribution < 1.29 is 9.15 Å². The highest BCUT2D eigenvalue weighted by molar-refractivity contribution is 5.83. The summed E-state index contributed by atoms with van der Waals surface area (Å²) in [6, 6.07) is 9.06. The lowest BCUT2D eigenvalue weighted by Crippen LogP contribution is -2.13. The molecule has 2 heterocycles. The van der Waals surface area contributed by atoms with Crippen LogP contribution in [0.3, 0.4) is 0 Å². The van der Waals surface area contributed by atoms with Crippen LogP contribution in [0.5, 0.6) is 5.75 Å². The minimum absolute atomic E-state index is 0.246. The van der Waals surface area contributed by atoms with E-state index in [1.54, 1.807) is 19.2 Å². The smallest absolute Gasteiger partial charge is 0.333 e. The van der Waals surface area contributed by atoms with Crippen LogP contribution in [-0.4, -0.2) is 16.7 Å². The average Bonchev–Trinajstić information content (AvgIpc) is 2.91. The summed E-state index contributed by atoms with van der Waals surface area (Å²) in [6.07, 6.45) is 0. The third-order valence-electron chi connectivity index (χ3n) is 2.85. The van der Waals surface area contributed by atoms with Gasteiger partial charge in [0, 0.05) is 6.07 Å². The molecule has 0 saturated heterocycles. The first-order valence-corrected chi connectivity index (χ1v) is 5.55. The van der Waals surface area contributed by atoms with Gasteiger partial charge >= 0.3 is 5.69 Å². The van der Waals surface area contributed by atoms with Gasteiger partial charge in [0.15, 0.2) is 0 Å². The minimum Gasteiger partial charge on any atom is -0.494 e. The molecule has 0 spiro atoms. The number of hydrogen-bond acceptors (Lipinski definition) is 3. The van der Waals surface area contributed by atoms with E-state index < -0.39 is 0 Å². The summed E-state index contributed by atoms with van der Waals surface area (Å²) in [5.41, 5.74) is 1.15. The lowest BCUT2D eigenvalue weighted by Gasteiger charge is -2.01. The van der Waals surface area contributed by atoms with E-state index in [0.717, 1.165) is 11.3 Å². The second-order valence-corrected chi connectivity index (χ2v) is 4.00. The van der Waals surface area contributed by atoms with Gasteiger partial charge in [-0.15, -0.1) is 0 Å². The number of benzene rings is 1. The topological polar surface area (TPSA) is 60.2 Å². The number of H-pyrrole nitrogens is 1. The summed E-state index contributed by atoms with van der Waals surface area (Å²) < 4.78 is 12.2. The third kappa shape index (κ3) is 1.44. The highest BCUT2D eigenvalue weighted by Crippen LogP contribution is 2.24.